The van der Waals surface area contributed by atoms with Crippen molar-refractivity contribution >= 4 is 28.5 Å². The van der Waals surface area contributed by atoms with Gasteiger partial charge in [-0.05, 0) is 79.7 Å². The van der Waals surface area contributed by atoms with Crippen molar-refractivity contribution in [1.29, 1.82) is 0 Å². The summed E-state index contributed by atoms with van der Waals surface area (Å²) < 4.78 is 1.15. The number of hydrogen-bond donors (Lipinski definition) is 1. The molecule has 3 nitrogen and oxygen atoms in total. The van der Waals surface area contributed by atoms with Crippen LogP contribution in [-0.2, 0) is 0 Å². The lowest BCUT2D eigenvalue weighted by molar-refractivity contribution is 0.0940. The number of rotatable bonds is 4. The highest BCUT2D eigenvalue weighted by Crippen LogP contribution is 2.11. The van der Waals surface area contributed by atoms with Gasteiger partial charge in [-0.25, -0.2) is 0 Å². The molecule has 1 amide bonds. The Morgan fingerprint density at radius 3 is 2.56 bits per heavy atom. The third-order valence-corrected chi connectivity index (χ3v) is 4.15. The van der Waals surface area contributed by atoms with Gasteiger partial charge in [0.1, 0.15) is 0 Å². The van der Waals surface area contributed by atoms with Crippen molar-refractivity contribution in [2.75, 3.05) is 19.6 Å². The Hall–Kier alpha value is -0.620. The third kappa shape index (κ3) is 3.68. The van der Waals surface area contributed by atoms with E-state index in [-0.39, 0.29) is 5.91 Å². The number of amides is 1. The van der Waals surface area contributed by atoms with Gasteiger partial charge in [0.25, 0.3) is 5.91 Å². The molecule has 1 unspecified atom stereocenters. The zero-order valence-corrected chi connectivity index (χ0v) is 12.8. The number of benzene rings is 1. The van der Waals surface area contributed by atoms with E-state index < -0.39 is 0 Å². The fourth-order valence-corrected chi connectivity index (χ4v) is 2.61. The molecule has 1 aromatic carbocycles. The van der Waals surface area contributed by atoms with Gasteiger partial charge in [0.15, 0.2) is 0 Å². The van der Waals surface area contributed by atoms with Crippen molar-refractivity contribution in [3.05, 3.63) is 33.4 Å². The van der Waals surface area contributed by atoms with Crippen LogP contribution in [0, 0.1) is 3.57 Å². The van der Waals surface area contributed by atoms with E-state index in [0.717, 1.165) is 15.7 Å². The van der Waals surface area contributed by atoms with Gasteiger partial charge in [-0.15, -0.1) is 0 Å². The molecule has 1 fully saturated rings. The monoisotopic (exact) mass is 358 g/mol. The van der Waals surface area contributed by atoms with Crippen molar-refractivity contribution in [2.45, 2.75) is 25.8 Å². The number of nitrogens with one attached hydrogen (secondary N) is 1. The number of nitrogens with zero attached hydrogens (tertiary/aromatic N) is 1. The Bertz CT molecular complexity index is 399. The Morgan fingerprint density at radius 1 is 1.33 bits per heavy atom. The topological polar surface area (TPSA) is 32.3 Å². The number of carbonyl (C=O) groups is 1. The highest BCUT2D eigenvalue weighted by molar-refractivity contribution is 14.1. The van der Waals surface area contributed by atoms with E-state index in [1.165, 1.54) is 25.9 Å². The van der Waals surface area contributed by atoms with Gasteiger partial charge >= 0.3 is 0 Å². The number of hydrogen-bond acceptors (Lipinski definition) is 2. The Labute approximate surface area is 122 Å². The van der Waals surface area contributed by atoms with Gasteiger partial charge in [-0.1, -0.05) is 0 Å². The SMILES string of the molecule is CC(CNC(=O)c1ccc(I)cc1)N1CCCC1. The number of likely N-dealkylation sites (tertiary alicyclic amines) is 1. The third-order valence-electron chi connectivity index (χ3n) is 3.43. The highest BCUT2D eigenvalue weighted by Gasteiger charge is 2.18. The largest absolute Gasteiger partial charge is 0.350 e. The minimum Gasteiger partial charge on any atom is -0.350 e. The Kier molecular flexibility index (Phi) is 5.00. The van der Waals surface area contributed by atoms with Crippen LogP contribution in [0.4, 0.5) is 0 Å². The van der Waals surface area contributed by atoms with Crippen LogP contribution >= 0.6 is 22.6 Å². The van der Waals surface area contributed by atoms with Crippen LogP contribution in [0.25, 0.3) is 0 Å². The molecule has 0 saturated carbocycles. The molecule has 1 saturated heterocycles. The Morgan fingerprint density at radius 2 is 1.94 bits per heavy atom. The molecule has 1 atom stereocenters. The zero-order chi connectivity index (χ0) is 13.0. The molecule has 18 heavy (non-hydrogen) atoms. The second-order valence-corrected chi connectivity index (χ2v) is 6.05. The molecule has 4 heteroatoms. The fourth-order valence-electron chi connectivity index (χ4n) is 2.26. The quantitative estimate of drug-likeness (QED) is 0.839. The number of carbonyl (C=O) groups excluding carboxylic acids is 1. The normalized spacial score (nSPS) is 17.7. The molecule has 0 radical (unpaired) electrons. The predicted molar refractivity (Wildman–Crippen MR) is 81.8 cm³/mol. The van der Waals surface area contributed by atoms with Crippen molar-refractivity contribution in [2.24, 2.45) is 0 Å². The fraction of sp³-hybridized carbons (Fsp3) is 0.500. The zero-order valence-electron chi connectivity index (χ0n) is 10.7. The summed E-state index contributed by atoms with van der Waals surface area (Å²) in [5, 5.41) is 3.01. The molecule has 0 aromatic heterocycles. The van der Waals surface area contributed by atoms with Gasteiger partial charge < -0.3 is 5.32 Å². The first kappa shape index (κ1) is 13.8. The molecule has 1 aliphatic heterocycles. The second-order valence-electron chi connectivity index (χ2n) is 4.81. The second kappa shape index (κ2) is 6.52. The summed E-state index contributed by atoms with van der Waals surface area (Å²) in [6, 6.07) is 8.09. The first-order valence-electron chi connectivity index (χ1n) is 6.44. The maximum atomic E-state index is 11.9. The van der Waals surface area contributed by atoms with E-state index in [4.69, 9.17) is 0 Å². The molecule has 1 N–H and O–H groups in total. The van der Waals surface area contributed by atoms with Gasteiger partial charge in [-0.2, -0.15) is 0 Å². The van der Waals surface area contributed by atoms with E-state index in [0.29, 0.717) is 6.04 Å². The van der Waals surface area contributed by atoms with Crippen LogP contribution in [0.5, 0.6) is 0 Å². The van der Waals surface area contributed by atoms with Crippen LogP contribution < -0.4 is 5.32 Å². The first-order valence-corrected chi connectivity index (χ1v) is 7.52. The van der Waals surface area contributed by atoms with E-state index in [1.807, 2.05) is 24.3 Å². The van der Waals surface area contributed by atoms with Crippen LogP contribution in [0.1, 0.15) is 30.1 Å². The Balaban J connectivity index is 1.82. The minimum absolute atomic E-state index is 0.0254. The molecule has 1 heterocycles. The average Bonchev–Trinajstić information content (AvgIpc) is 2.90. The lowest BCUT2D eigenvalue weighted by atomic mass is 10.2. The van der Waals surface area contributed by atoms with Crippen molar-refractivity contribution in [3.8, 4) is 0 Å². The minimum atomic E-state index is 0.0254. The standard InChI is InChI=1S/C14H19IN2O/c1-11(17-8-2-3-9-17)10-16-14(18)12-4-6-13(15)7-5-12/h4-7,11H,2-3,8-10H2,1H3,(H,16,18). The van der Waals surface area contributed by atoms with Crippen LogP contribution in [0.15, 0.2) is 24.3 Å². The summed E-state index contributed by atoms with van der Waals surface area (Å²) in [4.78, 5) is 14.4. The van der Waals surface area contributed by atoms with Crippen LogP contribution in [-0.4, -0.2) is 36.5 Å². The van der Waals surface area contributed by atoms with E-state index in [1.54, 1.807) is 0 Å². The maximum absolute atomic E-state index is 11.9. The molecule has 98 valence electrons. The predicted octanol–water partition coefficient (Wildman–Crippen LogP) is 2.51. The first-order chi connectivity index (χ1) is 8.66. The van der Waals surface area contributed by atoms with Crippen LogP contribution in [0.2, 0.25) is 0 Å². The van der Waals surface area contributed by atoms with Crippen molar-refractivity contribution in [1.82, 2.24) is 10.2 Å². The molecule has 0 spiro atoms. The summed E-state index contributed by atoms with van der Waals surface area (Å²) in [6.07, 6.45) is 2.57. The molecular weight excluding hydrogens is 339 g/mol. The summed E-state index contributed by atoms with van der Waals surface area (Å²) in [7, 11) is 0. The molecular formula is C14H19IN2O. The van der Waals surface area contributed by atoms with Crippen molar-refractivity contribution < 1.29 is 4.79 Å². The van der Waals surface area contributed by atoms with E-state index in [9.17, 15) is 4.79 Å². The van der Waals surface area contributed by atoms with Gasteiger partial charge in [-0.3, -0.25) is 9.69 Å². The average molecular weight is 358 g/mol. The maximum Gasteiger partial charge on any atom is 0.251 e. The molecule has 0 bridgehead atoms. The number of halogens is 1. The van der Waals surface area contributed by atoms with Gasteiger partial charge in [0.2, 0.25) is 0 Å². The summed E-state index contributed by atoms with van der Waals surface area (Å²) in [5.74, 6) is 0.0254. The molecule has 1 aliphatic rings. The van der Waals surface area contributed by atoms with E-state index in [2.05, 4.69) is 39.7 Å². The highest BCUT2D eigenvalue weighted by atomic mass is 127. The van der Waals surface area contributed by atoms with E-state index >= 15 is 0 Å². The smallest absolute Gasteiger partial charge is 0.251 e. The lowest BCUT2D eigenvalue weighted by Gasteiger charge is -2.23. The molecule has 1 aromatic rings. The summed E-state index contributed by atoms with van der Waals surface area (Å²) >= 11 is 2.24. The van der Waals surface area contributed by atoms with Crippen molar-refractivity contribution in [3.63, 3.8) is 0 Å². The summed E-state index contributed by atoms with van der Waals surface area (Å²) in [6.45, 7) is 5.24. The lowest BCUT2D eigenvalue weighted by Crippen LogP contribution is -2.40. The molecule has 2 rings (SSSR count). The van der Waals surface area contributed by atoms with Gasteiger partial charge in [0, 0.05) is 21.7 Å². The van der Waals surface area contributed by atoms with Crippen LogP contribution in [0.3, 0.4) is 0 Å². The molecule has 0 aliphatic carbocycles. The summed E-state index contributed by atoms with van der Waals surface area (Å²) in [5.41, 5.74) is 0.740. The van der Waals surface area contributed by atoms with Gasteiger partial charge in [0.05, 0.1) is 0 Å².